The van der Waals surface area contributed by atoms with Gasteiger partial charge >= 0.3 is 165 Å². The Kier molecular flexibility index (Phi) is 5.65. The van der Waals surface area contributed by atoms with E-state index in [9.17, 15) is 18.9 Å². The van der Waals surface area contributed by atoms with Crippen LogP contribution in [0.2, 0.25) is 0 Å². The van der Waals surface area contributed by atoms with Crippen molar-refractivity contribution in [3.05, 3.63) is 68.2 Å². The molecule has 2 saturated heterocycles. The molecule has 3 heterocycles. The van der Waals surface area contributed by atoms with Gasteiger partial charge in [-0.1, -0.05) is 0 Å². The van der Waals surface area contributed by atoms with Crippen LogP contribution in [0.3, 0.4) is 0 Å². The van der Waals surface area contributed by atoms with Gasteiger partial charge in [0.25, 0.3) is 0 Å². The quantitative estimate of drug-likeness (QED) is 0.613. The van der Waals surface area contributed by atoms with Gasteiger partial charge in [-0.05, 0) is 0 Å². The van der Waals surface area contributed by atoms with Gasteiger partial charge in [-0.2, -0.15) is 0 Å². The van der Waals surface area contributed by atoms with E-state index >= 15 is 0 Å². The first-order valence-electron chi connectivity index (χ1n) is 9.40. The van der Waals surface area contributed by atoms with Gasteiger partial charge in [0.2, 0.25) is 0 Å². The summed E-state index contributed by atoms with van der Waals surface area (Å²) in [6, 6.07) is 8.00. The van der Waals surface area contributed by atoms with E-state index in [1.807, 2.05) is 29.2 Å². The van der Waals surface area contributed by atoms with E-state index < -0.39 is 43.6 Å². The van der Waals surface area contributed by atoms with Crippen molar-refractivity contribution in [2.45, 2.75) is 44.7 Å². The molecule has 29 heavy (non-hydrogen) atoms. The van der Waals surface area contributed by atoms with Crippen LogP contribution in [0.4, 0.5) is 4.39 Å². The van der Waals surface area contributed by atoms with Crippen LogP contribution < -0.4 is 16.3 Å². The second kappa shape index (κ2) is 8.06. The summed E-state index contributed by atoms with van der Waals surface area (Å²) in [5.74, 6) is -1.08. The van der Waals surface area contributed by atoms with Crippen molar-refractivity contribution < 1.29 is 23.1 Å². The van der Waals surface area contributed by atoms with Crippen molar-refractivity contribution in [3.63, 3.8) is 0 Å². The third-order valence-electron chi connectivity index (χ3n) is 5.12. The number of ether oxygens (including phenoxy) is 1. The van der Waals surface area contributed by atoms with Crippen molar-refractivity contribution in [2.75, 3.05) is 6.61 Å². The first-order valence-corrected chi connectivity index (χ1v) is 11.2. The average Bonchev–Trinajstić information content (AvgIpc) is 3.12. The van der Waals surface area contributed by atoms with Crippen LogP contribution in [0.1, 0.15) is 30.7 Å². The fourth-order valence-electron chi connectivity index (χ4n) is 3.45. The Hall–Kier alpha value is -1.94. The molecule has 0 bridgehead atoms. The van der Waals surface area contributed by atoms with E-state index in [0.29, 0.717) is 6.54 Å². The monoisotopic (exact) mass is 427 g/mol. The van der Waals surface area contributed by atoms with Gasteiger partial charge in [0.1, 0.15) is 0 Å². The second-order valence-corrected chi connectivity index (χ2v) is 9.12. The van der Waals surface area contributed by atoms with Crippen molar-refractivity contribution >= 4 is 8.09 Å². The van der Waals surface area contributed by atoms with E-state index in [-0.39, 0.29) is 13.0 Å². The topological polar surface area (TPSA) is 115 Å². The molecule has 9 nitrogen and oxygen atoms in total. The van der Waals surface area contributed by atoms with Crippen LogP contribution in [0.25, 0.3) is 0 Å². The molecule has 158 valence electrons. The number of aryl methyl sites for hydroxylation is 1. The first-order chi connectivity index (χ1) is 13.9. The van der Waals surface area contributed by atoms with Gasteiger partial charge in [-0.25, -0.2) is 0 Å². The fraction of sp³-hybridized carbons (Fsp3) is 0.444. The van der Waals surface area contributed by atoms with Crippen LogP contribution in [0, 0.1) is 5.82 Å². The molecule has 11 heteroatoms. The van der Waals surface area contributed by atoms with E-state index in [1.54, 1.807) is 0 Å². The number of hydrogen-bond acceptors (Lipinski definition) is 7. The molecule has 0 spiro atoms. The maximum atomic E-state index is 13.6. The first kappa shape index (κ1) is 20.3. The third kappa shape index (κ3) is 4.32. The number of nitrogens with zero attached hydrogens (tertiary/aromatic N) is 1. The minimum atomic E-state index is -3.64. The van der Waals surface area contributed by atoms with Crippen LogP contribution in [0.15, 0.2) is 40.1 Å². The van der Waals surface area contributed by atoms with E-state index in [0.717, 1.165) is 22.7 Å². The van der Waals surface area contributed by atoms with Crippen LogP contribution in [-0.4, -0.2) is 33.3 Å². The molecule has 0 aliphatic carbocycles. The predicted octanol–water partition coefficient (Wildman–Crippen LogP) is 1.13. The van der Waals surface area contributed by atoms with Gasteiger partial charge < -0.3 is 0 Å². The molecular formula is C18H23FN3O6P. The Labute approximate surface area is 166 Å². The molecule has 4 rings (SSSR count). The number of halogens is 1. The predicted molar refractivity (Wildman–Crippen MR) is 104 cm³/mol. The number of rotatable bonds is 5. The molecule has 2 aromatic rings. The number of fused-ring (bicyclic) bond motifs is 1. The fourth-order valence-corrected chi connectivity index (χ4v) is 5.18. The van der Waals surface area contributed by atoms with Gasteiger partial charge in [-0.15, -0.1) is 0 Å². The summed E-state index contributed by atoms with van der Waals surface area (Å²) >= 11 is 0. The molecule has 3 atom stereocenters. The Balaban J connectivity index is 1.41. The van der Waals surface area contributed by atoms with Crippen LogP contribution in [0.5, 0.6) is 0 Å². The SMILES string of the molecule is CCc1ccc(CN[PH]2(O)OC[C@H]3O[C@@H](n4cc(F)c(=O)[nH]c4=O)C[C@@H]3O2)cc1. The van der Waals surface area contributed by atoms with Crippen molar-refractivity contribution in [3.8, 4) is 0 Å². The summed E-state index contributed by atoms with van der Waals surface area (Å²) in [6.07, 6.45) is 0.103. The van der Waals surface area contributed by atoms with Crippen molar-refractivity contribution in [2.24, 2.45) is 0 Å². The van der Waals surface area contributed by atoms with Gasteiger partial charge in [-0.3, -0.25) is 0 Å². The van der Waals surface area contributed by atoms with Gasteiger partial charge in [0.15, 0.2) is 0 Å². The minimum absolute atomic E-state index is 0.0756. The van der Waals surface area contributed by atoms with Crippen molar-refractivity contribution in [1.29, 1.82) is 0 Å². The zero-order valence-electron chi connectivity index (χ0n) is 15.8. The standard InChI is InChI=1S/C18H23FN3O6P/c1-2-11-3-5-12(6-4-11)8-20-29(25)26-10-15-14(28-29)7-16(27-15)22-9-13(19)17(23)21-18(22)24/h3-6,9,14-16,20,25,29H,2,7-8,10H2,1H3,(H,21,23,24)/t14-,15+,16+/m0/s1. The zero-order chi connectivity index (χ0) is 20.6. The van der Waals surface area contributed by atoms with E-state index in [2.05, 4.69) is 12.0 Å². The number of benzene rings is 1. The normalized spacial score (nSPS) is 26.8. The number of H-pyrrole nitrogens is 1. The second-order valence-electron chi connectivity index (χ2n) is 7.08. The summed E-state index contributed by atoms with van der Waals surface area (Å²) in [5.41, 5.74) is 0.343. The number of hydrogen-bond donors (Lipinski definition) is 3. The van der Waals surface area contributed by atoms with Crippen molar-refractivity contribution in [1.82, 2.24) is 14.6 Å². The Morgan fingerprint density at radius 1 is 1.28 bits per heavy atom. The summed E-state index contributed by atoms with van der Waals surface area (Å²) in [7, 11) is -3.64. The summed E-state index contributed by atoms with van der Waals surface area (Å²) < 4.78 is 31.5. The third-order valence-corrected chi connectivity index (χ3v) is 6.92. The molecule has 0 amide bonds. The van der Waals surface area contributed by atoms with E-state index in [4.69, 9.17) is 13.8 Å². The van der Waals surface area contributed by atoms with Gasteiger partial charge in [0, 0.05) is 0 Å². The number of aromatic amines is 1. The molecule has 2 aliphatic heterocycles. The Bertz CT molecular complexity index is 996. The molecular weight excluding hydrogens is 404 g/mol. The summed E-state index contributed by atoms with van der Waals surface area (Å²) in [4.78, 5) is 35.8. The molecule has 2 aliphatic rings. The summed E-state index contributed by atoms with van der Waals surface area (Å²) in [5, 5.41) is 2.97. The molecule has 0 unspecified atom stereocenters. The molecule has 3 N–H and O–H groups in total. The number of nitrogens with one attached hydrogen (secondary N) is 2. The molecule has 1 aromatic carbocycles. The Morgan fingerprint density at radius 3 is 2.72 bits per heavy atom. The van der Waals surface area contributed by atoms with Crippen LogP contribution >= 0.6 is 8.09 Å². The van der Waals surface area contributed by atoms with Crippen LogP contribution in [-0.2, 0) is 26.7 Å². The Morgan fingerprint density at radius 2 is 2.00 bits per heavy atom. The number of aromatic nitrogens is 2. The maximum absolute atomic E-state index is 13.6. The van der Waals surface area contributed by atoms with Gasteiger partial charge in [0.05, 0.1) is 0 Å². The summed E-state index contributed by atoms with van der Waals surface area (Å²) in [6.45, 7) is 2.53. The van der Waals surface area contributed by atoms with E-state index in [1.165, 1.54) is 5.56 Å². The zero-order valence-corrected chi connectivity index (χ0v) is 16.8. The average molecular weight is 427 g/mol. The molecule has 0 saturated carbocycles. The molecule has 0 radical (unpaired) electrons. The molecule has 2 fully saturated rings. The molecule has 1 aromatic heterocycles.